The van der Waals surface area contributed by atoms with Gasteiger partial charge in [-0.2, -0.15) is 0 Å². The van der Waals surface area contributed by atoms with Crippen molar-refractivity contribution >= 4 is 33.2 Å². The zero-order valence-corrected chi connectivity index (χ0v) is 16.2. The second-order valence-corrected chi connectivity index (χ2v) is 8.10. The Morgan fingerprint density at radius 2 is 1.64 bits per heavy atom. The topological polar surface area (TPSA) is 105 Å². The van der Waals surface area contributed by atoms with Gasteiger partial charge in [0.15, 0.2) is 0 Å². The van der Waals surface area contributed by atoms with Crippen LogP contribution in [0.2, 0.25) is 0 Å². The highest BCUT2D eigenvalue weighted by Gasteiger charge is 2.21. The fraction of sp³-hybridized carbons (Fsp3) is 0.263. The van der Waals surface area contributed by atoms with Crippen molar-refractivity contribution in [3.8, 4) is 0 Å². The van der Waals surface area contributed by atoms with Crippen molar-refractivity contribution in [3.63, 3.8) is 0 Å². The van der Waals surface area contributed by atoms with Gasteiger partial charge in [0.2, 0.25) is 10.0 Å². The summed E-state index contributed by atoms with van der Waals surface area (Å²) in [4.78, 5) is 27.0. The maximum absolute atomic E-state index is 12.8. The number of anilines is 2. The molecule has 0 unspecified atom stereocenters. The molecule has 28 heavy (non-hydrogen) atoms. The summed E-state index contributed by atoms with van der Waals surface area (Å²) in [7, 11) is -3.39. The average molecular weight is 403 g/mol. The molecule has 9 heteroatoms. The summed E-state index contributed by atoms with van der Waals surface area (Å²) < 4.78 is 30.1. The van der Waals surface area contributed by atoms with Crippen LogP contribution in [0.15, 0.2) is 48.5 Å². The molecule has 148 valence electrons. The second kappa shape index (κ2) is 8.41. The first kappa shape index (κ1) is 19.8. The molecule has 2 N–H and O–H groups in total. The third kappa shape index (κ3) is 5.08. The van der Waals surface area contributed by atoms with Crippen molar-refractivity contribution in [3.05, 3.63) is 59.7 Å². The van der Waals surface area contributed by atoms with Gasteiger partial charge in [-0.05, 0) is 36.4 Å². The van der Waals surface area contributed by atoms with Crippen LogP contribution in [-0.4, -0.2) is 57.7 Å². The quantitative estimate of drug-likeness (QED) is 0.792. The summed E-state index contributed by atoms with van der Waals surface area (Å²) in [5, 5.41) is 2.76. The zero-order valence-electron chi connectivity index (χ0n) is 15.3. The number of nitrogens with zero attached hydrogens (tertiary/aromatic N) is 1. The Hall–Kier alpha value is -2.91. The van der Waals surface area contributed by atoms with Crippen LogP contribution in [0.4, 0.5) is 11.4 Å². The molecule has 8 nitrogen and oxygen atoms in total. The van der Waals surface area contributed by atoms with Crippen molar-refractivity contribution in [2.24, 2.45) is 0 Å². The molecule has 0 bridgehead atoms. The number of sulfonamides is 1. The Bertz CT molecular complexity index is 967. The normalized spacial score (nSPS) is 14.4. The zero-order chi connectivity index (χ0) is 20.1. The minimum atomic E-state index is -3.39. The molecule has 0 radical (unpaired) electrons. The Balaban J connectivity index is 1.74. The van der Waals surface area contributed by atoms with Crippen LogP contribution in [0.3, 0.4) is 0 Å². The molecule has 0 atom stereocenters. The van der Waals surface area contributed by atoms with Crippen LogP contribution in [0.1, 0.15) is 20.7 Å². The van der Waals surface area contributed by atoms with E-state index in [2.05, 4.69) is 10.0 Å². The lowest BCUT2D eigenvalue weighted by molar-refractivity contribution is 0.0303. The van der Waals surface area contributed by atoms with Crippen molar-refractivity contribution in [2.45, 2.75) is 0 Å². The molecule has 1 aliphatic heterocycles. The summed E-state index contributed by atoms with van der Waals surface area (Å²) >= 11 is 0. The number of carbonyl (C=O) groups excluding carboxylic acids is 2. The van der Waals surface area contributed by atoms with Crippen LogP contribution in [0.25, 0.3) is 0 Å². The van der Waals surface area contributed by atoms with Gasteiger partial charge in [0, 0.05) is 24.3 Å². The summed E-state index contributed by atoms with van der Waals surface area (Å²) in [6.45, 7) is 2.01. The second-order valence-electron chi connectivity index (χ2n) is 6.36. The third-order valence-electron chi connectivity index (χ3n) is 4.15. The number of amides is 2. The lowest BCUT2D eigenvalue weighted by atomic mass is 10.1. The van der Waals surface area contributed by atoms with E-state index < -0.39 is 15.9 Å². The molecular weight excluding hydrogens is 382 g/mol. The van der Waals surface area contributed by atoms with E-state index in [9.17, 15) is 18.0 Å². The SMILES string of the molecule is CS(=O)(=O)Nc1ccc(C(=O)Nc2ccccc2C(=O)N2CCOCC2)cc1. The smallest absolute Gasteiger partial charge is 0.256 e. The van der Waals surface area contributed by atoms with Gasteiger partial charge in [-0.3, -0.25) is 14.3 Å². The van der Waals surface area contributed by atoms with E-state index in [0.717, 1.165) is 6.26 Å². The first-order valence-corrected chi connectivity index (χ1v) is 10.6. The Morgan fingerprint density at radius 3 is 2.29 bits per heavy atom. The Labute approximate surface area is 163 Å². The number of morpholine rings is 1. The van der Waals surface area contributed by atoms with E-state index in [1.807, 2.05) is 0 Å². The highest BCUT2D eigenvalue weighted by atomic mass is 32.2. The number of hydrogen-bond acceptors (Lipinski definition) is 5. The van der Waals surface area contributed by atoms with Crippen molar-refractivity contribution in [2.75, 3.05) is 42.6 Å². The van der Waals surface area contributed by atoms with Crippen LogP contribution >= 0.6 is 0 Å². The summed E-state index contributed by atoms with van der Waals surface area (Å²) in [5.41, 5.74) is 1.53. The van der Waals surface area contributed by atoms with E-state index >= 15 is 0 Å². The summed E-state index contributed by atoms with van der Waals surface area (Å²) in [5.74, 6) is -0.556. The molecule has 1 aliphatic rings. The van der Waals surface area contributed by atoms with Gasteiger partial charge >= 0.3 is 0 Å². The molecular formula is C19H21N3O5S. The van der Waals surface area contributed by atoms with Gasteiger partial charge < -0.3 is 15.0 Å². The van der Waals surface area contributed by atoms with E-state index in [4.69, 9.17) is 4.74 Å². The molecule has 3 rings (SSSR count). The monoisotopic (exact) mass is 403 g/mol. The van der Waals surface area contributed by atoms with Crippen molar-refractivity contribution in [1.29, 1.82) is 0 Å². The van der Waals surface area contributed by atoms with E-state index in [1.54, 1.807) is 29.2 Å². The first-order valence-electron chi connectivity index (χ1n) is 8.69. The van der Waals surface area contributed by atoms with E-state index in [1.165, 1.54) is 24.3 Å². The van der Waals surface area contributed by atoms with Gasteiger partial charge in [0.05, 0.1) is 30.7 Å². The van der Waals surface area contributed by atoms with E-state index in [-0.39, 0.29) is 5.91 Å². The van der Waals surface area contributed by atoms with Crippen LogP contribution in [-0.2, 0) is 14.8 Å². The predicted molar refractivity (Wildman–Crippen MR) is 106 cm³/mol. The average Bonchev–Trinajstić information content (AvgIpc) is 2.68. The number of benzene rings is 2. The fourth-order valence-corrected chi connectivity index (χ4v) is 3.38. The molecule has 1 fully saturated rings. The third-order valence-corrected chi connectivity index (χ3v) is 4.76. The first-order chi connectivity index (χ1) is 13.3. The number of para-hydroxylation sites is 1. The molecule has 0 aliphatic carbocycles. The lowest BCUT2D eigenvalue weighted by Gasteiger charge is -2.27. The lowest BCUT2D eigenvalue weighted by Crippen LogP contribution is -2.41. The molecule has 2 aromatic carbocycles. The number of ether oxygens (including phenoxy) is 1. The van der Waals surface area contributed by atoms with E-state index in [0.29, 0.717) is 48.8 Å². The fourth-order valence-electron chi connectivity index (χ4n) is 2.81. The van der Waals surface area contributed by atoms with Gasteiger partial charge in [-0.1, -0.05) is 12.1 Å². The summed E-state index contributed by atoms with van der Waals surface area (Å²) in [6, 6.07) is 12.9. The highest BCUT2D eigenvalue weighted by molar-refractivity contribution is 7.92. The van der Waals surface area contributed by atoms with Crippen molar-refractivity contribution < 1.29 is 22.7 Å². The van der Waals surface area contributed by atoms with Crippen molar-refractivity contribution in [1.82, 2.24) is 4.90 Å². The van der Waals surface area contributed by atoms with Crippen LogP contribution in [0.5, 0.6) is 0 Å². The van der Waals surface area contributed by atoms with Gasteiger partial charge in [0.1, 0.15) is 0 Å². The summed E-state index contributed by atoms with van der Waals surface area (Å²) in [6.07, 6.45) is 1.05. The van der Waals surface area contributed by atoms with Gasteiger partial charge in [-0.25, -0.2) is 8.42 Å². The molecule has 1 heterocycles. The molecule has 2 amide bonds. The maximum Gasteiger partial charge on any atom is 0.256 e. The standard InChI is InChI=1S/C19H21N3O5S/c1-28(25,26)21-15-8-6-14(7-9-15)18(23)20-17-5-3-2-4-16(17)19(24)22-10-12-27-13-11-22/h2-9,21H,10-13H2,1H3,(H,20,23). The number of hydrogen-bond donors (Lipinski definition) is 2. The largest absolute Gasteiger partial charge is 0.378 e. The number of nitrogens with one attached hydrogen (secondary N) is 2. The Morgan fingerprint density at radius 1 is 1.00 bits per heavy atom. The molecule has 1 saturated heterocycles. The maximum atomic E-state index is 12.8. The molecule has 0 spiro atoms. The molecule has 2 aromatic rings. The van der Waals surface area contributed by atoms with Gasteiger partial charge in [0.25, 0.3) is 11.8 Å². The predicted octanol–water partition coefficient (Wildman–Crippen LogP) is 1.78. The molecule has 0 saturated carbocycles. The molecule has 0 aromatic heterocycles. The minimum absolute atomic E-state index is 0.160. The van der Waals surface area contributed by atoms with Crippen LogP contribution in [0, 0.1) is 0 Å². The van der Waals surface area contributed by atoms with Crippen LogP contribution < -0.4 is 10.0 Å². The Kier molecular flexibility index (Phi) is 5.96. The minimum Gasteiger partial charge on any atom is -0.378 e. The van der Waals surface area contributed by atoms with Gasteiger partial charge in [-0.15, -0.1) is 0 Å². The number of rotatable bonds is 5. The number of carbonyl (C=O) groups is 2. The highest BCUT2D eigenvalue weighted by Crippen LogP contribution is 2.20.